The lowest BCUT2D eigenvalue weighted by molar-refractivity contribution is -0.928. The van der Waals surface area contributed by atoms with Crippen LogP contribution in [0.1, 0.15) is 201 Å². The van der Waals surface area contributed by atoms with E-state index >= 15 is 0 Å². The fourth-order valence-corrected chi connectivity index (χ4v) is 5.85. The fourth-order valence-electron chi connectivity index (χ4n) is 5.85. The molecule has 46 heavy (non-hydrogen) atoms. The normalized spacial score (nSPS) is 12.9. The second-order valence-corrected chi connectivity index (χ2v) is 14.5. The molecule has 0 aromatic rings. The molecule has 0 amide bonds. The van der Waals surface area contributed by atoms with Gasteiger partial charge in [0, 0.05) is 6.92 Å². The molecule has 0 aromatic heterocycles. The summed E-state index contributed by atoms with van der Waals surface area (Å²) >= 11 is 0. The van der Waals surface area contributed by atoms with Crippen LogP contribution in [0.4, 0.5) is 0 Å². The Morgan fingerprint density at radius 1 is 0.500 bits per heavy atom. The predicted molar refractivity (Wildman–Crippen MR) is 202 cm³/mol. The fraction of sp³-hybridized carbons (Fsp3) is 0.881. The van der Waals surface area contributed by atoms with Gasteiger partial charge in [-0.05, 0) is 64.2 Å². The number of esters is 1. The SMILES string of the molecule is CCCCCCCC/C=C\CCCCCCCCOC(=O)C[N+](C)(C)C(C)OCCCCCCCC/C=C\CCCCCCCC. The van der Waals surface area contributed by atoms with E-state index in [2.05, 4.69) is 59.2 Å². The molecular weight excluding hydrogens is 566 g/mol. The van der Waals surface area contributed by atoms with Gasteiger partial charge in [0.25, 0.3) is 0 Å². The highest BCUT2D eigenvalue weighted by Gasteiger charge is 2.28. The number of unbranched alkanes of at least 4 members (excludes halogenated alkanes) is 24. The largest absolute Gasteiger partial charge is 0.462 e. The molecule has 0 aliphatic heterocycles. The van der Waals surface area contributed by atoms with Crippen LogP contribution in [0.5, 0.6) is 0 Å². The Balaban J connectivity index is 3.57. The molecule has 0 radical (unpaired) electrons. The van der Waals surface area contributed by atoms with Crippen molar-refractivity contribution in [1.82, 2.24) is 0 Å². The third kappa shape index (κ3) is 32.8. The van der Waals surface area contributed by atoms with E-state index in [-0.39, 0.29) is 12.2 Å². The number of hydrogen-bond donors (Lipinski definition) is 0. The third-order valence-electron chi connectivity index (χ3n) is 9.46. The average Bonchev–Trinajstić information content (AvgIpc) is 3.03. The predicted octanol–water partition coefficient (Wildman–Crippen LogP) is 13.0. The maximum absolute atomic E-state index is 12.5. The molecule has 0 spiro atoms. The van der Waals surface area contributed by atoms with Crippen molar-refractivity contribution in [3.63, 3.8) is 0 Å². The van der Waals surface area contributed by atoms with Gasteiger partial charge in [0.1, 0.15) is 0 Å². The number of likely N-dealkylation sites (N-methyl/N-ethyl adjacent to an activating group) is 1. The standard InChI is InChI=1S/C42H82NO3/c1-6-8-10-12-14-16-18-20-22-24-26-28-30-32-34-36-38-45-41(3)43(4,5)40-42(44)46-39-37-35-33-31-29-27-25-23-21-19-17-15-13-11-9-7-2/h20-23,41H,6-19,24-40H2,1-5H3/q+1/b22-20-,23-21-. The highest BCUT2D eigenvalue weighted by Crippen LogP contribution is 2.14. The van der Waals surface area contributed by atoms with Crippen LogP contribution in [0.2, 0.25) is 0 Å². The Morgan fingerprint density at radius 3 is 1.22 bits per heavy atom. The van der Waals surface area contributed by atoms with Crippen molar-refractivity contribution in [3.05, 3.63) is 24.3 Å². The van der Waals surface area contributed by atoms with E-state index < -0.39 is 0 Å². The Hall–Kier alpha value is -1.13. The molecule has 0 bridgehead atoms. The molecule has 0 rings (SSSR count). The summed E-state index contributed by atoms with van der Waals surface area (Å²) in [5, 5.41) is 0. The maximum Gasteiger partial charge on any atom is 0.361 e. The van der Waals surface area contributed by atoms with Crippen molar-refractivity contribution < 1.29 is 18.8 Å². The van der Waals surface area contributed by atoms with Gasteiger partial charge < -0.3 is 9.47 Å². The first-order valence-corrected chi connectivity index (χ1v) is 20.3. The van der Waals surface area contributed by atoms with E-state index in [4.69, 9.17) is 9.47 Å². The molecule has 272 valence electrons. The first-order valence-electron chi connectivity index (χ1n) is 20.3. The van der Waals surface area contributed by atoms with E-state index in [0.717, 1.165) is 25.9 Å². The molecule has 0 N–H and O–H groups in total. The minimum Gasteiger partial charge on any atom is -0.462 e. The van der Waals surface area contributed by atoms with Gasteiger partial charge in [-0.15, -0.1) is 0 Å². The van der Waals surface area contributed by atoms with Gasteiger partial charge in [-0.25, -0.2) is 4.79 Å². The molecule has 0 aromatic carbocycles. The zero-order valence-corrected chi connectivity index (χ0v) is 32.0. The second kappa shape index (κ2) is 35.2. The number of hydrogen-bond acceptors (Lipinski definition) is 3. The van der Waals surface area contributed by atoms with Crippen molar-refractivity contribution in [1.29, 1.82) is 0 Å². The monoisotopic (exact) mass is 649 g/mol. The number of allylic oxidation sites excluding steroid dienone is 4. The number of nitrogens with zero attached hydrogens (tertiary/aromatic N) is 1. The summed E-state index contributed by atoms with van der Waals surface area (Å²) in [6.45, 7) is 8.32. The summed E-state index contributed by atoms with van der Waals surface area (Å²) in [6, 6.07) is 0. The maximum atomic E-state index is 12.5. The van der Waals surface area contributed by atoms with Crippen LogP contribution in [0.15, 0.2) is 24.3 Å². The van der Waals surface area contributed by atoms with Crippen LogP contribution in [0.3, 0.4) is 0 Å². The Labute approximate surface area is 289 Å². The zero-order chi connectivity index (χ0) is 33.8. The van der Waals surface area contributed by atoms with Crippen LogP contribution in [-0.2, 0) is 14.3 Å². The van der Waals surface area contributed by atoms with E-state index in [1.54, 1.807) is 0 Å². The first-order chi connectivity index (χ1) is 22.4. The van der Waals surface area contributed by atoms with Crippen LogP contribution in [0, 0.1) is 0 Å². The summed E-state index contributed by atoms with van der Waals surface area (Å²) in [6.07, 6.45) is 46.0. The van der Waals surface area contributed by atoms with E-state index in [1.807, 2.05) is 0 Å². The molecule has 0 aliphatic carbocycles. The number of quaternary nitrogens is 1. The second-order valence-electron chi connectivity index (χ2n) is 14.5. The molecule has 4 nitrogen and oxygen atoms in total. The van der Waals surface area contributed by atoms with Crippen molar-refractivity contribution in [3.8, 4) is 0 Å². The number of carbonyl (C=O) groups is 1. The number of rotatable bonds is 36. The Kier molecular flexibility index (Phi) is 34.3. The van der Waals surface area contributed by atoms with Crippen LogP contribution < -0.4 is 0 Å². The van der Waals surface area contributed by atoms with Crippen LogP contribution in [-0.4, -0.2) is 50.5 Å². The lowest BCUT2D eigenvalue weighted by Crippen LogP contribution is -2.52. The molecule has 0 saturated carbocycles. The number of ether oxygens (including phenoxy) is 2. The zero-order valence-electron chi connectivity index (χ0n) is 32.0. The average molecular weight is 649 g/mol. The van der Waals surface area contributed by atoms with E-state index in [0.29, 0.717) is 17.6 Å². The molecule has 0 heterocycles. The topological polar surface area (TPSA) is 35.5 Å². The lowest BCUT2D eigenvalue weighted by atomic mass is 10.1. The summed E-state index contributed by atoms with van der Waals surface area (Å²) in [4.78, 5) is 12.5. The Bertz CT molecular complexity index is 686. The van der Waals surface area contributed by atoms with Crippen LogP contribution >= 0.6 is 0 Å². The van der Waals surface area contributed by atoms with Gasteiger partial charge in [-0.2, -0.15) is 0 Å². The minimum absolute atomic E-state index is 0.0129. The smallest absolute Gasteiger partial charge is 0.361 e. The molecular formula is C42H82NO3+. The van der Waals surface area contributed by atoms with Gasteiger partial charge in [-0.1, -0.05) is 154 Å². The van der Waals surface area contributed by atoms with Crippen molar-refractivity contribution in [2.45, 2.75) is 207 Å². The summed E-state index contributed by atoms with van der Waals surface area (Å²) in [7, 11) is 4.13. The van der Waals surface area contributed by atoms with Gasteiger partial charge in [-0.3, -0.25) is 4.48 Å². The third-order valence-corrected chi connectivity index (χ3v) is 9.46. The summed E-state index contributed by atoms with van der Waals surface area (Å²) in [5.74, 6) is -0.106. The molecule has 4 heteroatoms. The lowest BCUT2D eigenvalue weighted by Gasteiger charge is -2.34. The quantitative estimate of drug-likeness (QED) is 0.0223. The molecule has 0 fully saturated rings. The highest BCUT2D eigenvalue weighted by molar-refractivity contribution is 5.70. The summed E-state index contributed by atoms with van der Waals surface area (Å²) < 4.78 is 12.2. The van der Waals surface area contributed by atoms with Crippen molar-refractivity contribution in [2.75, 3.05) is 33.9 Å². The first kappa shape index (κ1) is 44.9. The van der Waals surface area contributed by atoms with Crippen molar-refractivity contribution in [2.24, 2.45) is 0 Å². The van der Waals surface area contributed by atoms with E-state index in [1.165, 1.54) is 161 Å². The van der Waals surface area contributed by atoms with Crippen molar-refractivity contribution >= 4 is 5.97 Å². The molecule has 1 unspecified atom stereocenters. The minimum atomic E-state index is -0.106. The van der Waals surface area contributed by atoms with E-state index in [9.17, 15) is 4.79 Å². The summed E-state index contributed by atoms with van der Waals surface area (Å²) in [5.41, 5.74) is 0. The van der Waals surface area contributed by atoms with Crippen LogP contribution in [0.25, 0.3) is 0 Å². The number of carbonyl (C=O) groups excluding carboxylic acids is 1. The van der Waals surface area contributed by atoms with Gasteiger partial charge in [0.05, 0.1) is 27.3 Å². The van der Waals surface area contributed by atoms with Gasteiger partial charge in [0.2, 0.25) is 0 Å². The van der Waals surface area contributed by atoms with Gasteiger partial charge in [0.15, 0.2) is 12.8 Å². The molecule has 1 atom stereocenters. The molecule has 0 saturated heterocycles. The Morgan fingerprint density at radius 2 is 0.826 bits per heavy atom. The molecule has 0 aliphatic rings. The highest BCUT2D eigenvalue weighted by atomic mass is 16.5. The van der Waals surface area contributed by atoms with Gasteiger partial charge >= 0.3 is 5.97 Å².